The number of carbonyl (C=O) groups excluding carboxylic acids is 1. The average molecular weight is 287 g/mol. The third-order valence-corrected chi connectivity index (χ3v) is 4.70. The third kappa shape index (κ3) is 3.09. The van der Waals surface area contributed by atoms with E-state index in [4.69, 9.17) is 5.11 Å². The molecule has 0 saturated heterocycles. The summed E-state index contributed by atoms with van der Waals surface area (Å²) in [5, 5.41) is 11.7. The molecule has 0 aromatic heterocycles. The highest BCUT2D eigenvalue weighted by Gasteiger charge is 2.53. The molecule has 0 aliphatic heterocycles. The van der Waals surface area contributed by atoms with Crippen molar-refractivity contribution < 1.29 is 14.7 Å². The van der Waals surface area contributed by atoms with E-state index in [1.165, 1.54) is 11.1 Å². The molecule has 3 unspecified atom stereocenters. The van der Waals surface area contributed by atoms with Crippen LogP contribution in [0, 0.1) is 5.92 Å². The molecule has 1 aromatic rings. The summed E-state index contributed by atoms with van der Waals surface area (Å²) in [4.78, 5) is 22.4. The van der Waals surface area contributed by atoms with Gasteiger partial charge in [-0.1, -0.05) is 24.3 Å². The summed E-state index contributed by atoms with van der Waals surface area (Å²) in [5.74, 6) is 0.373. The highest BCUT2D eigenvalue weighted by atomic mass is 16.4. The monoisotopic (exact) mass is 287 g/mol. The molecule has 21 heavy (non-hydrogen) atoms. The number of fused-ring (bicyclic) bond motifs is 3. The quantitative estimate of drug-likeness (QED) is 0.790. The number of rotatable bonds is 6. The van der Waals surface area contributed by atoms with Crippen LogP contribution >= 0.6 is 0 Å². The fourth-order valence-corrected chi connectivity index (χ4v) is 3.58. The zero-order valence-electron chi connectivity index (χ0n) is 12.0. The summed E-state index contributed by atoms with van der Waals surface area (Å²) >= 11 is 0. The molecule has 3 atom stereocenters. The third-order valence-electron chi connectivity index (χ3n) is 4.70. The van der Waals surface area contributed by atoms with Gasteiger partial charge in [-0.2, -0.15) is 0 Å². The van der Waals surface area contributed by atoms with Crippen LogP contribution in [0.3, 0.4) is 0 Å². The van der Waals surface area contributed by atoms with Gasteiger partial charge in [-0.15, -0.1) is 0 Å². The number of carboxylic acids is 1. The number of carboxylic acid groups (broad SMARTS) is 1. The van der Waals surface area contributed by atoms with Gasteiger partial charge in [0.2, 0.25) is 5.91 Å². The molecule has 1 aromatic carbocycles. The Morgan fingerprint density at radius 3 is 2.76 bits per heavy atom. The smallest absolute Gasteiger partial charge is 0.303 e. The van der Waals surface area contributed by atoms with Crippen LogP contribution < -0.4 is 5.32 Å². The van der Waals surface area contributed by atoms with E-state index >= 15 is 0 Å². The van der Waals surface area contributed by atoms with E-state index in [1.54, 1.807) is 0 Å². The number of unbranched alkanes of at least 4 members (excludes halogenated alkanes) is 1. The molecule has 4 nitrogen and oxygen atoms in total. The molecule has 2 N–H and O–H groups in total. The van der Waals surface area contributed by atoms with Gasteiger partial charge in [0.1, 0.15) is 0 Å². The van der Waals surface area contributed by atoms with Crippen molar-refractivity contribution in [2.45, 2.75) is 50.5 Å². The first-order valence-electron chi connectivity index (χ1n) is 7.76. The molecule has 0 radical (unpaired) electrons. The zero-order valence-corrected chi connectivity index (χ0v) is 12.0. The van der Waals surface area contributed by atoms with E-state index in [0.29, 0.717) is 37.1 Å². The van der Waals surface area contributed by atoms with Crippen LogP contribution in [0.5, 0.6) is 0 Å². The van der Waals surface area contributed by atoms with Crippen molar-refractivity contribution in [2.24, 2.45) is 5.92 Å². The highest BCUT2D eigenvalue weighted by molar-refractivity contribution is 5.77. The molecule has 0 spiro atoms. The van der Waals surface area contributed by atoms with Crippen LogP contribution in [0.1, 0.15) is 49.1 Å². The van der Waals surface area contributed by atoms with Crippen LogP contribution in [-0.2, 0) is 16.0 Å². The lowest BCUT2D eigenvalue weighted by Crippen LogP contribution is -2.27. The van der Waals surface area contributed by atoms with Crippen molar-refractivity contribution in [3.63, 3.8) is 0 Å². The predicted molar refractivity (Wildman–Crippen MR) is 79.0 cm³/mol. The molecule has 1 fully saturated rings. The van der Waals surface area contributed by atoms with Crippen LogP contribution in [0.25, 0.3) is 0 Å². The first-order valence-corrected chi connectivity index (χ1v) is 7.76. The lowest BCUT2D eigenvalue weighted by atomic mass is 9.92. The number of nitrogens with one attached hydrogen (secondary N) is 1. The summed E-state index contributed by atoms with van der Waals surface area (Å²) in [5.41, 5.74) is 2.84. The Morgan fingerprint density at radius 2 is 1.95 bits per heavy atom. The SMILES string of the molecule is O=C(O)CCCCC(=O)NC1C2CCc3ccccc3C21. The minimum atomic E-state index is -0.791. The summed E-state index contributed by atoms with van der Waals surface area (Å²) < 4.78 is 0. The minimum absolute atomic E-state index is 0.0669. The molecule has 2 aliphatic rings. The van der Waals surface area contributed by atoms with Crippen molar-refractivity contribution in [1.82, 2.24) is 5.32 Å². The van der Waals surface area contributed by atoms with Crippen LogP contribution in [-0.4, -0.2) is 23.0 Å². The lowest BCUT2D eigenvalue weighted by molar-refractivity contribution is -0.137. The van der Waals surface area contributed by atoms with Gasteiger partial charge in [-0.3, -0.25) is 9.59 Å². The normalized spacial score (nSPS) is 25.6. The van der Waals surface area contributed by atoms with E-state index in [1.807, 2.05) is 0 Å². The highest BCUT2D eigenvalue weighted by Crippen LogP contribution is 2.54. The second kappa shape index (κ2) is 5.88. The zero-order chi connectivity index (χ0) is 14.8. The van der Waals surface area contributed by atoms with Crippen LogP contribution in [0.4, 0.5) is 0 Å². The van der Waals surface area contributed by atoms with Crippen molar-refractivity contribution in [1.29, 1.82) is 0 Å². The van der Waals surface area contributed by atoms with Crippen LogP contribution in [0.2, 0.25) is 0 Å². The Kier molecular flexibility index (Phi) is 3.95. The summed E-state index contributed by atoms with van der Waals surface area (Å²) in [6.45, 7) is 0. The van der Waals surface area contributed by atoms with Gasteiger partial charge in [0.25, 0.3) is 0 Å². The second-order valence-electron chi connectivity index (χ2n) is 6.12. The number of amides is 1. The molecule has 3 rings (SSSR count). The number of carbonyl (C=O) groups is 2. The number of aliphatic carboxylic acids is 1. The first-order chi connectivity index (χ1) is 10.2. The van der Waals surface area contributed by atoms with Gasteiger partial charge >= 0.3 is 5.97 Å². The van der Waals surface area contributed by atoms with E-state index in [0.717, 1.165) is 12.8 Å². The van der Waals surface area contributed by atoms with Crippen LogP contribution in [0.15, 0.2) is 24.3 Å². The summed E-state index contributed by atoms with van der Waals surface area (Å²) in [7, 11) is 0. The first kappa shape index (κ1) is 14.1. The molecule has 2 aliphatic carbocycles. The van der Waals surface area contributed by atoms with Gasteiger partial charge in [0, 0.05) is 24.8 Å². The fourth-order valence-electron chi connectivity index (χ4n) is 3.58. The van der Waals surface area contributed by atoms with E-state index in [-0.39, 0.29) is 12.3 Å². The molecule has 4 heteroatoms. The van der Waals surface area contributed by atoms with Crippen molar-refractivity contribution >= 4 is 11.9 Å². The molecule has 112 valence electrons. The molecule has 0 bridgehead atoms. The van der Waals surface area contributed by atoms with Crippen molar-refractivity contribution in [2.75, 3.05) is 0 Å². The molecule has 1 amide bonds. The van der Waals surface area contributed by atoms with E-state index in [9.17, 15) is 9.59 Å². The summed E-state index contributed by atoms with van der Waals surface area (Å²) in [6.07, 6.45) is 4.08. The lowest BCUT2D eigenvalue weighted by Gasteiger charge is -2.13. The Bertz CT molecular complexity index is 555. The Labute approximate surface area is 124 Å². The minimum Gasteiger partial charge on any atom is -0.481 e. The Morgan fingerprint density at radius 1 is 1.19 bits per heavy atom. The second-order valence-corrected chi connectivity index (χ2v) is 6.12. The average Bonchev–Trinajstić information content (AvgIpc) is 3.17. The van der Waals surface area contributed by atoms with E-state index < -0.39 is 5.97 Å². The number of hydrogen-bond acceptors (Lipinski definition) is 2. The molecule has 1 saturated carbocycles. The fraction of sp³-hybridized carbons (Fsp3) is 0.529. The molecular weight excluding hydrogens is 266 g/mol. The van der Waals surface area contributed by atoms with E-state index in [2.05, 4.69) is 29.6 Å². The number of aryl methyl sites for hydroxylation is 1. The molecule has 0 heterocycles. The number of benzene rings is 1. The number of hydrogen-bond donors (Lipinski definition) is 2. The molecular formula is C17H21NO3. The maximum atomic E-state index is 11.9. The van der Waals surface area contributed by atoms with Gasteiger partial charge in [0.05, 0.1) is 0 Å². The van der Waals surface area contributed by atoms with Crippen molar-refractivity contribution in [3.05, 3.63) is 35.4 Å². The standard InChI is InChI=1S/C17H21NO3/c19-14(7-3-4-8-15(20)21)18-17-13-10-9-11-5-1-2-6-12(11)16(13)17/h1-2,5-6,13,16-17H,3-4,7-10H2,(H,18,19)(H,20,21). The Balaban J connectivity index is 1.48. The van der Waals surface area contributed by atoms with Gasteiger partial charge in [-0.25, -0.2) is 0 Å². The Hall–Kier alpha value is -1.84. The van der Waals surface area contributed by atoms with Crippen molar-refractivity contribution in [3.8, 4) is 0 Å². The predicted octanol–water partition coefficient (Wildman–Crippen LogP) is 2.48. The summed E-state index contributed by atoms with van der Waals surface area (Å²) in [6, 6.07) is 8.82. The van der Waals surface area contributed by atoms with Gasteiger partial charge in [0.15, 0.2) is 0 Å². The van der Waals surface area contributed by atoms with Gasteiger partial charge in [-0.05, 0) is 42.7 Å². The van der Waals surface area contributed by atoms with Gasteiger partial charge < -0.3 is 10.4 Å². The maximum Gasteiger partial charge on any atom is 0.303 e. The largest absolute Gasteiger partial charge is 0.481 e. The maximum absolute atomic E-state index is 11.9. The topological polar surface area (TPSA) is 66.4 Å².